The molecule has 1 rings (SSSR count). The number of rotatable bonds is 8. The Bertz CT molecular complexity index is 541. The molecular formula is C15H21N3O5. The molecule has 8 nitrogen and oxygen atoms in total. The summed E-state index contributed by atoms with van der Waals surface area (Å²) in [4.78, 5) is 34.5. The maximum absolute atomic E-state index is 11.8. The second-order valence-electron chi connectivity index (χ2n) is 4.68. The first kappa shape index (κ1) is 18.6. The van der Waals surface area contributed by atoms with E-state index in [0.717, 1.165) is 0 Å². The Kier molecular flexibility index (Phi) is 7.72. The molecule has 0 aliphatic rings. The lowest BCUT2D eigenvalue weighted by Crippen LogP contribution is -2.30. The minimum atomic E-state index is -0.533. The number of carbonyl (C=O) groups excluding carboxylic acids is 3. The summed E-state index contributed by atoms with van der Waals surface area (Å²) in [7, 11) is 2.73. The molecule has 0 aliphatic carbocycles. The van der Waals surface area contributed by atoms with Crippen molar-refractivity contribution in [1.82, 2.24) is 5.32 Å². The van der Waals surface area contributed by atoms with Crippen LogP contribution in [-0.4, -0.2) is 51.2 Å². The number of nitrogens with one attached hydrogen (secondary N) is 2. The van der Waals surface area contributed by atoms with Crippen LogP contribution in [0.2, 0.25) is 0 Å². The Hall–Kier alpha value is -2.45. The van der Waals surface area contributed by atoms with Gasteiger partial charge in [-0.25, -0.2) is 0 Å². The van der Waals surface area contributed by atoms with Crippen LogP contribution in [0.15, 0.2) is 24.3 Å². The van der Waals surface area contributed by atoms with E-state index in [1.807, 2.05) is 0 Å². The number of nitrogens with two attached hydrogens (primary N) is 1. The van der Waals surface area contributed by atoms with Crippen molar-refractivity contribution < 1.29 is 23.9 Å². The molecule has 0 saturated carbocycles. The normalized spacial score (nSPS) is 11.4. The summed E-state index contributed by atoms with van der Waals surface area (Å²) in [6, 6.07) is 6.27. The summed E-state index contributed by atoms with van der Waals surface area (Å²) in [6.07, 6.45) is -0.188. The molecule has 0 spiro atoms. The van der Waals surface area contributed by atoms with Crippen molar-refractivity contribution in [2.75, 3.05) is 32.6 Å². The molecule has 1 aromatic rings. The number of esters is 1. The highest BCUT2D eigenvalue weighted by Crippen LogP contribution is 2.10. The Morgan fingerprint density at radius 2 is 1.83 bits per heavy atom. The van der Waals surface area contributed by atoms with Crippen molar-refractivity contribution >= 4 is 23.5 Å². The molecule has 1 aromatic carbocycles. The van der Waals surface area contributed by atoms with Gasteiger partial charge in [-0.05, 0) is 24.3 Å². The van der Waals surface area contributed by atoms with Crippen LogP contribution in [-0.2, 0) is 19.1 Å². The summed E-state index contributed by atoms with van der Waals surface area (Å²) in [5, 5.41) is 5.11. The minimum Gasteiger partial charge on any atom is -0.468 e. The lowest BCUT2D eigenvalue weighted by atomic mass is 10.2. The molecule has 0 aromatic heterocycles. The van der Waals surface area contributed by atoms with Gasteiger partial charge in [-0.1, -0.05) is 0 Å². The van der Waals surface area contributed by atoms with Gasteiger partial charge in [0.2, 0.25) is 5.91 Å². The Labute approximate surface area is 134 Å². The summed E-state index contributed by atoms with van der Waals surface area (Å²) < 4.78 is 9.47. The monoisotopic (exact) mass is 323 g/mol. The highest BCUT2D eigenvalue weighted by Gasteiger charge is 2.12. The first-order chi connectivity index (χ1) is 11.0. The number of benzene rings is 1. The number of hydrogen-bond donors (Lipinski definition) is 3. The number of carbonyl (C=O) groups is 3. The van der Waals surface area contributed by atoms with E-state index in [1.54, 1.807) is 24.3 Å². The number of anilines is 1. The zero-order valence-corrected chi connectivity index (χ0v) is 13.1. The van der Waals surface area contributed by atoms with Gasteiger partial charge in [-0.15, -0.1) is 0 Å². The van der Waals surface area contributed by atoms with E-state index in [0.29, 0.717) is 11.3 Å². The number of hydrogen-bond acceptors (Lipinski definition) is 6. The highest BCUT2D eigenvalue weighted by atomic mass is 16.5. The number of amides is 2. The van der Waals surface area contributed by atoms with Crippen LogP contribution >= 0.6 is 0 Å². The van der Waals surface area contributed by atoms with Gasteiger partial charge in [0, 0.05) is 24.9 Å². The molecule has 0 heterocycles. The largest absolute Gasteiger partial charge is 0.468 e. The second-order valence-corrected chi connectivity index (χ2v) is 4.68. The first-order valence-corrected chi connectivity index (χ1v) is 6.98. The Morgan fingerprint density at radius 3 is 2.35 bits per heavy atom. The molecule has 0 aliphatic heterocycles. The lowest BCUT2D eigenvalue weighted by Gasteiger charge is -2.12. The molecule has 0 bridgehead atoms. The maximum atomic E-state index is 11.8. The van der Waals surface area contributed by atoms with Gasteiger partial charge in [-0.2, -0.15) is 0 Å². The number of ether oxygens (including phenoxy) is 2. The van der Waals surface area contributed by atoms with Crippen molar-refractivity contribution in [3.63, 3.8) is 0 Å². The summed E-state index contributed by atoms with van der Waals surface area (Å²) in [5.41, 5.74) is 6.37. The maximum Gasteiger partial charge on any atom is 0.325 e. The van der Waals surface area contributed by atoms with Crippen molar-refractivity contribution in [3.8, 4) is 0 Å². The van der Waals surface area contributed by atoms with Gasteiger partial charge >= 0.3 is 5.97 Å². The van der Waals surface area contributed by atoms with Crippen LogP contribution in [0.4, 0.5) is 5.69 Å². The van der Waals surface area contributed by atoms with Crippen molar-refractivity contribution in [2.24, 2.45) is 5.73 Å². The molecule has 0 fully saturated rings. The van der Waals surface area contributed by atoms with E-state index in [1.165, 1.54) is 14.2 Å². The van der Waals surface area contributed by atoms with Crippen molar-refractivity contribution in [3.05, 3.63) is 29.8 Å². The second kappa shape index (κ2) is 9.54. The van der Waals surface area contributed by atoms with Gasteiger partial charge in [0.05, 0.1) is 19.6 Å². The topological polar surface area (TPSA) is 120 Å². The Morgan fingerprint density at radius 1 is 1.17 bits per heavy atom. The minimum absolute atomic E-state index is 0.147. The van der Waals surface area contributed by atoms with Crippen LogP contribution in [0.25, 0.3) is 0 Å². The predicted octanol–water partition coefficient (Wildman–Crippen LogP) is -0.108. The van der Waals surface area contributed by atoms with Crippen molar-refractivity contribution in [1.29, 1.82) is 0 Å². The fraction of sp³-hybridized carbons (Fsp3) is 0.400. The van der Waals surface area contributed by atoms with Gasteiger partial charge in [-0.3, -0.25) is 14.4 Å². The standard InChI is InChI=1S/C15H21N3O5/c1-22-12(8-16)7-13(19)18-11-5-3-10(4-6-11)15(21)17-9-14(20)23-2/h3-6,12H,7-9,16H2,1-2H3,(H,17,21)(H,18,19). The van der Waals surface area contributed by atoms with Crippen LogP contribution < -0.4 is 16.4 Å². The third-order valence-corrected chi connectivity index (χ3v) is 3.06. The molecule has 1 atom stereocenters. The molecule has 8 heteroatoms. The van der Waals surface area contributed by atoms with Gasteiger partial charge in [0.25, 0.3) is 5.91 Å². The van der Waals surface area contributed by atoms with Crippen LogP contribution in [0.3, 0.4) is 0 Å². The number of methoxy groups -OCH3 is 2. The summed E-state index contributed by atoms with van der Waals surface area (Å²) in [6.45, 7) is 0.0501. The van der Waals surface area contributed by atoms with E-state index in [4.69, 9.17) is 10.5 Å². The Balaban J connectivity index is 2.54. The fourth-order valence-electron chi connectivity index (χ4n) is 1.71. The van der Waals surface area contributed by atoms with E-state index < -0.39 is 11.9 Å². The predicted molar refractivity (Wildman–Crippen MR) is 83.9 cm³/mol. The SMILES string of the molecule is COC(=O)CNC(=O)c1ccc(NC(=O)CC(CN)OC)cc1. The third kappa shape index (κ3) is 6.45. The molecule has 126 valence electrons. The van der Waals surface area contributed by atoms with Crippen molar-refractivity contribution in [2.45, 2.75) is 12.5 Å². The van der Waals surface area contributed by atoms with E-state index in [-0.39, 0.29) is 31.5 Å². The molecule has 4 N–H and O–H groups in total. The van der Waals surface area contributed by atoms with Gasteiger partial charge in [0.1, 0.15) is 6.54 Å². The summed E-state index contributed by atoms with van der Waals surface area (Å²) in [5.74, 6) is -1.17. The van der Waals surface area contributed by atoms with Gasteiger partial charge < -0.3 is 25.8 Å². The molecule has 1 unspecified atom stereocenters. The van der Waals surface area contributed by atoms with Crippen LogP contribution in [0.5, 0.6) is 0 Å². The van der Waals surface area contributed by atoms with E-state index in [2.05, 4.69) is 15.4 Å². The first-order valence-electron chi connectivity index (χ1n) is 6.98. The van der Waals surface area contributed by atoms with Gasteiger partial charge in [0.15, 0.2) is 0 Å². The third-order valence-electron chi connectivity index (χ3n) is 3.06. The van der Waals surface area contributed by atoms with Crippen LogP contribution in [0.1, 0.15) is 16.8 Å². The lowest BCUT2D eigenvalue weighted by molar-refractivity contribution is -0.139. The van der Waals surface area contributed by atoms with E-state index in [9.17, 15) is 14.4 Å². The average Bonchev–Trinajstić information content (AvgIpc) is 2.57. The zero-order valence-electron chi connectivity index (χ0n) is 13.1. The smallest absolute Gasteiger partial charge is 0.325 e. The average molecular weight is 323 g/mol. The molecule has 23 heavy (non-hydrogen) atoms. The molecule has 0 saturated heterocycles. The van der Waals surface area contributed by atoms with Crippen LogP contribution in [0, 0.1) is 0 Å². The molecule has 2 amide bonds. The summed E-state index contributed by atoms with van der Waals surface area (Å²) >= 11 is 0. The highest BCUT2D eigenvalue weighted by molar-refractivity contribution is 5.97. The quantitative estimate of drug-likeness (QED) is 0.574. The molecular weight excluding hydrogens is 302 g/mol. The fourth-order valence-corrected chi connectivity index (χ4v) is 1.71. The zero-order chi connectivity index (χ0) is 17.2. The molecule has 0 radical (unpaired) electrons. The van der Waals surface area contributed by atoms with E-state index >= 15 is 0 Å².